The monoisotopic (exact) mass is 286 g/mol. The molecule has 0 radical (unpaired) electrons. The van der Waals surface area contributed by atoms with Crippen LogP contribution in [-0.2, 0) is 4.74 Å². The lowest BCUT2D eigenvalue weighted by molar-refractivity contribution is 0.0829. The largest absolute Gasteiger partial charge is 0.465 e. The van der Waals surface area contributed by atoms with Crippen LogP contribution >= 0.6 is 0 Å². The second-order valence-electron chi connectivity index (χ2n) is 5.48. The van der Waals surface area contributed by atoms with E-state index in [-0.39, 0.29) is 12.1 Å². The summed E-state index contributed by atoms with van der Waals surface area (Å²) in [6.45, 7) is 0. The van der Waals surface area contributed by atoms with Gasteiger partial charge in [-0.2, -0.15) is 0 Å². The van der Waals surface area contributed by atoms with E-state index < -0.39 is 12.2 Å². The lowest BCUT2D eigenvalue weighted by atomic mass is 9.96. The maximum absolute atomic E-state index is 10.3. The topological polar surface area (TPSA) is 102 Å². The van der Waals surface area contributed by atoms with Crippen molar-refractivity contribution in [2.75, 3.05) is 0 Å². The number of nitrogens with one attached hydrogen (secondary N) is 1. The lowest BCUT2D eigenvalue weighted by Gasteiger charge is -2.20. The fourth-order valence-electron chi connectivity index (χ4n) is 2.77. The summed E-state index contributed by atoms with van der Waals surface area (Å²) in [6.07, 6.45) is 9.80. The van der Waals surface area contributed by atoms with E-state index in [4.69, 9.17) is 15.6 Å². The minimum atomic E-state index is -0.882. The molecule has 6 heteroatoms. The van der Waals surface area contributed by atoms with Crippen molar-refractivity contribution in [3.63, 3.8) is 0 Å². The predicted octanol–water partition coefficient (Wildman–Crippen LogP) is 3.00. The van der Waals surface area contributed by atoms with Gasteiger partial charge in [0.25, 0.3) is 0 Å². The fraction of sp³-hybridized carbons (Fsp3) is 0.857. The van der Waals surface area contributed by atoms with Crippen molar-refractivity contribution in [2.24, 2.45) is 5.73 Å². The maximum atomic E-state index is 10.3. The van der Waals surface area contributed by atoms with Crippen molar-refractivity contribution < 1.29 is 19.4 Å². The zero-order chi connectivity index (χ0) is 14.8. The Hall–Kier alpha value is -1.46. The van der Waals surface area contributed by atoms with Crippen LogP contribution in [0.1, 0.15) is 64.2 Å². The highest BCUT2D eigenvalue weighted by molar-refractivity contribution is 5.65. The maximum Gasteiger partial charge on any atom is 0.404 e. The molecular weight excluding hydrogens is 260 g/mol. The Labute approximate surface area is 120 Å². The van der Waals surface area contributed by atoms with E-state index in [0.29, 0.717) is 0 Å². The molecule has 0 aliphatic heterocycles. The molecule has 2 aliphatic carbocycles. The van der Waals surface area contributed by atoms with E-state index in [9.17, 15) is 9.59 Å². The molecule has 0 atom stereocenters. The first-order valence-corrected chi connectivity index (χ1v) is 7.53. The Balaban J connectivity index is 0.000000200. The Morgan fingerprint density at radius 2 is 1.45 bits per heavy atom. The summed E-state index contributed by atoms with van der Waals surface area (Å²) in [5.74, 6) is 0. The molecule has 6 nitrogen and oxygen atoms in total. The first kappa shape index (κ1) is 16.6. The smallest absolute Gasteiger partial charge is 0.404 e. The van der Waals surface area contributed by atoms with Crippen LogP contribution in [0, 0.1) is 0 Å². The quantitative estimate of drug-likeness (QED) is 0.726. The van der Waals surface area contributed by atoms with Crippen LogP contribution in [0.4, 0.5) is 9.59 Å². The Morgan fingerprint density at radius 3 is 1.90 bits per heavy atom. The van der Waals surface area contributed by atoms with Gasteiger partial charge in [-0.15, -0.1) is 0 Å². The van der Waals surface area contributed by atoms with Crippen LogP contribution in [0.2, 0.25) is 0 Å². The van der Waals surface area contributed by atoms with Crippen molar-refractivity contribution >= 4 is 12.2 Å². The van der Waals surface area contributed by atoms with Gasteiger partial charge >= 0.3 is 12.2 Å². The molecule has 0 saturated heterocycles. The third-order valence-corrected chi connectivity index (χ3v) is 3.77. The molecule has 0 aromatic heterocycles. The van der Waals surface area contributed by atoms with Crippen molar-refractivity contribution in [3.8, 4) is 0 Å². The average Bonchev–Trinajstić information content (AvgIpc) is 2.40. The normalized spacial score (nSPS) is 20.4. The third-order valence-electron chi connectivity index (χ3n) is 3.77. The van der Waals surface area contributed by atoms with Gasteiger partial charge in [-0.25, -0.2) is 9.59 Å². The lowest BCUT2D eigenvalue weighted by Crippen LogP contribution is -2.34. The molecule has 2 aliphatic rings. The Kier molecular flexibility index (Phi) is 7.84. The van der Waals surface area contributed by atoms with Gasteiger partial charge in [-0.1, -0.05) is 25.7 Å². The summed E-state index contributed by atoms with van der Waals surface area (Å²) in [6, 6.07) is 0.228. The fourth-order valence-corrected chi connectivity index (χ4v) is 2.77. The van der Waals surface area contributed by atoms with E-state index in [0.717, 1.165) is 38.5 Å². The first-order valence-electron chi connectivity index (χ1n) is 7.53. The number of nitrogens with two attached hydrogens (primary N) is 1. The molecule has 116 valence electrons. The highest BCUT2D eigenvalue weighted by Gasteiger charge is 2.15. The summed E-state index contributed by atoms with van der Waals surface area (Å²) >= 11 is 0. The van der Waals surface area contributed by atoms with E-state index >= 15 is 0 Å². The van der Waals surface area contributed by atoms with Gasteiger partial charge in [-0.05, 0) is 38.5 Å². The van der Waals surface area contributed by atoms with Gasteiger partial charge in [0.05, 0.1) is 0 Å². The van der Waals surface area contributed by atoms with Gasteiger partial charge in [0, 0.05) is 6.04 Å². The molecule has 0 aromatic carbocycles. The van der Waals surface area contributed by atoms with Crippen molar-refractivity contribution in [3.05, 3.63) is 0 Å². The van der Waals surface area contributed by atoms with E-state index in [1.165, 1.54) is 25.7 Å². The van der Waals surface area contributed by atoms with Gasteiger partial charge in [0.1, 0.15) is 6.10 Å². The minimum absolute atomic E-state index is 0.103. The van der Waals surface area contributed by atoms with Crippen molar-refractivity contribution in [2.45, 2.75) is 76.4 Å². The summed E-state index contributed by atoms with van der Waals surface area (Å²) in [4.78, 5) is 20.4. The standard InChI is InChI=1S/2C7H13NO2/c8-7(9)10-6-4-2-1-3-5-6;9-7(10)8-6-4-2-1-3-5-6/h6H,1-5H2,(H2,8,9);6,8H,1-5H2,(H,9,10). The first-order chi connectivity index (χ1) is 9.58. The summed E-state index contributed by atoms with van der Waals surface area (Å²) < 4.78 is 4.83. The molecule has 0 unspecified atom stereocenters. The summed E-state index contributed by atoms with van der Waals surface area (Å²) in [5, 5.41) is 10.9. The van der Waals surface area contributed by atoms with Gasteiger partial charge in [0.2, 0.25) is 0 Å². The molecule has 2 fully saturated rings. The molecule has 0 spiro atoms. The zero-order valence-corrected chi connectivity index (χ0v) is 12.0. The van der Waals surface area contributed by atoms with E-state index in [1.807, 2.05) is 0 Å². The number of carbonyl (C=O) groups excluding carboxylic acids is 1. The SMILES string of the molecule is NC(=O)OC1CCCCC1.O=C(O)NC1CCCCC1. The summed E-state index contributed by atoms with van der Waals surface area (Å²) in [5.41, 5.74) is 4.86. The number of primary amides is 1. The molecule has 0 heterocycles. The van der Waals surface area contributed by atoms with Gasteiger partial charge < -0.3 is 20.9 Å². The number of hydrogen-bond donors (Lipinski definition) is 3. The van der Waals surface area contributed by atoms with Crippen molar-refractivity contribution in [1.82, 2.24) is 5.32 Å². The van der Waals surface area contributed by atoms with Gasteiger partial charge in [-0.3, -0.25) is 0 Å². The van der Waals surface area contributed by atoms with Crippen molar-refractivity contribution in [1.29, 1.82) is 0 Å². The number of rotatable bonds is 2. The van der Waals surface area contributed by atoms with Crippen LogP contribution in [0.3, 0.4) is 0 Å². The van der Waals surface area contributed by atoms with Crippen LogP contribution < -0.4 is 11.1 Å². The highest BCUT2D eigenvalue weighted by Crippen LogP contribution is 2.19. The zero-order valence-electron chi connectivity index (χ0n) is 12.0. The number of carbonyl (C=O) groups is 2. The highest BCUT2D eigenvalue weighted by atomic mass is 16.6. The molecule has 4 N–H and O–H groups in total. The van der Waals surface area contributed by atoms with E-state index in [1.54, 1.807) is 0 Å². The van der Waals surface area contributed by atoms with Crippen LogP contribution in [0.15, 0.2) is 0 Å². The van der Waals surface area contributed by atoms with Crippen LogP contribution in [0.25, 0.3) is 0 Å². The van der Waals surface area contributed by atoms with Crippen LogP contribution in [0.5, 0.6) is 0 Å². The predicted molar refractivity (Wildman–Crippen MR) is 75.6 cm³/mol. The van der Waals surface area contributed by atoms with Gasteiger partial charge in [0.15, 0.2) is 0 Å². The second-order valence-corrected chi connectivity index (χ2v) is 5.48. The Bertz CT molecular complexity index is 268. The molecule has 2 amide bonds. The molecular formula is C14H26N2O4. The van der Waals surface area contributed by atoms with Crippen LogP contribution in [-0.4, -0.2) is 29.4 Å². The average molecular weight is 286 g/mol. The molecule has 2 rings (SSSR count). The number of ether oxygens (including phenoxy) is 1. The molecule has 2 saturated carbocycles. The molecule has 0 aromatic rings. The number of amides is 2. The molecule has 0 bridgehead atoms. The minimum Gasteiger partial charge on any atom is -0.465 e. The molecule has 20 heavy (non-hydrogen) atoms. The Morgan fingerprint density at radius 1 is 0.950 bits per heavy atom. The second kappa shape index (κ2) is 9.44. The summed E-state index contributed by atoms with van der Waals surface area (Å²) in [7, 11) is 0. The van der Waals surface area contributed by atoms with E-state index in [2.05, 4.69) is 5.32 Å². The number of carboxylic acid groups (broad SMARTS) is 1. The third kappa shape index (κ3) is 7.86. The number of hydrogen-bond acceptors (Lipinski definition) is 3.